The molecule has 0 aromatic carbocycles. The van der Waals surface area contributed by atoms with Crippen LogP contribution in [0, 0.1) is 5.41 Å². The zero-order chi connectivity index (χ0) is 15.5. The van der Waals surface area contributed by atoms with E-state index < -0.39 is 6.10 Å². The number of nitrogens with one attached hydrogen (secondary N) is 1. The minimum absolute atomic E-state index is 0.329. The highest BCUT2D eigenvalue weighted by molar-refractivity contribution is 7.16. The molecule has 4 nitrogen and oxygen atoms in total. The fourth-order valence-corrected chi connectivity index (χ4v) is 3.53. The molecule has 1 aromatic rings. The van der Waals surface area contributed by atoms with Gasteiger partial charge in [0.15, 0.2) is 5.96 Å². The number of hydrogen-bond donors (Lipinski definition) is 2. The zero-order valence-corrected chi connectivity index (χ0v) is 14.5. The van der Waals surface area contributed by atoms with E-state index in [4.69, 9.17) is 11.6 Å². The lowest BCUT2D eigenvalue weighted by Gasteiger charge is -2.24. The van der Waals surface area contributed by atoms with Crippen molar-refractivity contribution in [3.8, 4) is 0 Å². The average Bonchev–Trinajstić information content (AvgIpc) is 3.00. The Balaban J connectivity index is 2.01. The fraction of sp³-hybridized carbons (Fsp3) is 0.667. The SMILES string of the molecule is CCNC(=NCC(O)c1ccc(Cl)s1)N1CCC(C)(C)C1. The van der Waals surface area contributed by atoms with Crippen LogP contribution in [-0.2, 0) is 0 Å². The van der Waals surface area contributed by atoms with Crippen molar-refractivity contribution < 1.29 is 5.11 Å². The maximum atomic E-state index is 10.2. The van der Waals surface area contributed by atoms with Crippen LogP contribution in [0.5, 0.6) is 0 Å². The summed E-state index contributed by atoms with van der Waals surface area (Å²) in [6.07, 6.45) is 0.576. The van der Waals surface area contributed by atoms with E-state index in [1.165, 1.54) is 17.8 Å². The zero-order valence-electron chi connectivity index (χ0n) is 12.9. The van der Waals surface area contributed by atoms with Crippen molar-refractivity contribution in [2.24, 2.45) is 10.4 Å². The largest absolute Gasteiger partial charge is 0.386 e. The number of likely N-dealkylation sites (tertiary alicyclic amines) is 1. The minimum atomic E-state index is -0.591. The summed E-state index contributed by atoms with van der Waals surface area (Å²) in [5.74, 6) is 0.893. The number of aliphatic hydroxyl groups excluding tert-OH is 1. The normalized spacial score (nSPS) is 19.9. The highest BCUT2D eigenvalue weighted by Crippen LogP contribution is 2.29. The lowest BCUT2D eigenvalue weighted by Crippen LogP contribution is -2.41. The summed E-state index contributed by atoms with van der Waals surface area (Å²) in [7, 11) is 0. The molecule has 2 rings (SSSR count). The third-order valence-corrected chi connectivity index (χ3v) is 4.98. The van der Waals surface area contributed by atoms with Gasteiger partial charge in [-0.15, -0.1) is 11.3 Å². The summed E-state index contributed by atoms with van der Waals surface area (Å²) in [5, 5.41) is 13.5. The van der Waals surface area contributed by atoms with Crippen molar-refractivity contribution >= 4 is 28.9 Å². The number of thiophene rings is 1. The standard InChI is InChI=1S/C15H24ClN3OS/c1-4-17-14(19-8-7-15(2,3)10-19)18-9-11(20)12-5-6-13(16)21-12/h5-6,11,20H,4,7-10H2,1-3H3,(H,17,18). The first-order valence-electron chi connectivity index (χ1n) is 7.38. The molecular weight excluding hydrogens is 306 g/mol. The van der Waals surface area contributed by atoms with E-state index in [9.17, 15) is 5.11 Å². The smallest absolute Gasteiger partial charge is 0.194 e. The van der Waals surface area contributed by atoms with Gasteiger partial charge in [0, 0.05) is 24.5 Å². The summed E-state index contributed by atoms with van der Waals surface area (Å²) in [5.41, 5.74) is 0.329. The molecule has 1 saturated heterocycles. The first-order chi connectivity index (χ1) is 9.91. The molecule has 1 aliphatic rings. The Hall–Kier alpha value is -0.780. The van der Waals surface area contributed by atoms with Gasteiger partial charge in [-0.2, -0.15) is 0 Å². The third kappa shape index (κ3) is 4.59. The van der Waals surface area contributed by atoms with Crippen LogP contribution in [0.15, 0.2) is 17.1 Å². The van der Waals surface area contributed by atoms with Crippen LogP contribution in [0.25, 0.3) is 0 Å². The van der Waals surface area contributed by atoms with E-state index in [-0.39, 0.29) is 0 Å². The van der Waals surface area contributed by atoms with Crippen molar-refractivity contribution in [2.75, 3.05) is 26.2 Å². The molecule has 1 atom stereocenters. The molecule has 118 valence electrons. The van der Waals surface area contributed by atoms with Crippen LogP contribution >= 0.6 is 22.9 Å². The number of nitrogens with zero attached hydrogens (tertiary/aromatic N) is 2. The Bertz CT molecular complexity index is 501. The molecule has 6 heteroatoms. The maximum absolute atomic E-state index is 10.2. The molecular formula is C15H24ClN3OS. The number of aliphatic imine (C=N–C) groups is 1. The molecule has 0 amide bonds. The number of halogens is 1. The minimum Gasteiger partial charge on any atom is -0.386 e. The predicted octanol–water partition coefficient (Wildman–Crippen LogP) is 3.13. The van der Waals surface area contributed by atoms with Crippen LogP contribution in [0.4, 0.5) is 0 Å². The highest BCUT2D eigenvalue weighted by Gasteiger charge is 2.30. The molecule has 2 heterocycles. The van der Waals surface area contributed by atoms with Crippen LogP contribution in [0.3, 0.4) is 0 Å². The van der Waals surface area contributed by atoms with Crippen molar-refractivity contribution in [1.82, 2.24) is 10.2 Å². The van der Waals surface area contributed by atoms with Crippen LogP contribution in [0.2, 0.25) is 4.34 Å². The Kier molecular flexibility index (Phi) is 5.52. The summed E-state index contributed by atoms with van der Waals surface area (Å²) < 4.78 is 0.696. The van der Waals surface area contributed by atoms with Crippen molar-refractivity contribution in [3.05, 3.63) is 21.3 Å². The van der Waals surface area contributed by atoms with Gasteiger partial charge in [0.05, 0.1) is 10.9 Å². The predicted molar refractivity (Wildman–Crippen MR) is 90.2 cm³/mol. The second-order valence-corrected chi connectivity index (χ2v) is 7.93. The quantitative estimate of drug-likeness (QED) is 0.659. The van der Waals surface area contributed by atoms with Gasteiger partial charge in [0.2, 0.25) is 0 Å². The molecule has 1 unspecified atom stereocenters. The first-order valence-corrected chi connectivity index (χ1v) is 8.57. The monoisotopic (exact) mass is 329 g/mol. The van der Waals surface area contributed by atoms with E-state index in [2.05, 4.69) is 36.0 Å². The van der Waals surface area contributed by atoms with Crippen molar-refractivity contribution in [3.63, 3.8) is 0 Å². The van der Waals surface area contributed by atoms with Gasteiger partial charge in [-0.25, -0.2) is 0 Å². The Morgan fingerprint density at radius 3 is 2.86 bits per heavy atom. The number of guanidine groups is 1. The third-order valence-electron chi connectivity index (χ3n) is 3.65. The van der Waals surface area contributed by atoms with E-state index >= 15 is 0 Å². The highest BCUT2D eigenvalue weighted by atomic mass is 35.5. The number of rotatable bonds is 4. The van der Waals surface area contributed by atoms with Crippen molar-refractivity contribution in [1.29, 1.82) is 0 Å². The molecule has 1 aliphatic heterocycles. The molecule has 1 aromatic heterocycles. The summed E-state index contributed by atoms with van der Waals surface area (Å²) in [6.45, 7) is 9.82. The molecule has 21 heavy (non-hydrogen) atoms. The van der Waals surface area contributed by atoms with E-state index in [0.717, 1.165) is 30.5 Å². The molecule has 2 N–H and O–H groups in total. The summed E-state index contributed by atoms with van der Waals surface area (Å²) >= 11 is 7.31. The fourth-order valence-electron chi connectivity index (χ4n) is 2.49. The maximum Gasteiger partial charge on any atom is 0.194 e. The van der Waals surface area contributed by atoms with Gasteiger partial charge in [-0.05, 0) is 30.9 Å². The number of aliphatic hydroxyl groups is 1. The number of hydrogen-bond acceptors (Lipinski definition) is 3. The lowest BCUT2D eigenvalue weighted by molar-refractivity contribution is 0.190. The van der Waals surface area contributed by atoms with Gasteiger partial charge in [0.1, 0.15) is 6.10 Å². The van der Waals surface area contributed by atoms with Crippen LogP contribution in [-0.4, -0.2) is 42.1 Å². The molecule has 1 fully saturated rings. The Morgan fingerprint density at radius 2 is 2.33 bits per heavy atom. The molecule has 0 spiro atoms. The molecule has 0 saturated carbocycles. The first kappa shape index (κ1) is 16.6. The van der Waals surface area contributed by atoms with Gasteiger partial charge >= 0.3 is 0 Å². The molecule has 0 aliphatic carbocycles. The topological polar surface area (TPSA) is 47.9 Å². The second-order valence-electron chi connectivity index (χ2n) is 6.19. The van der Waals surface area contributed by atoms with Gasteiger partial charge in [-0.3, -0.25) is 4.99 Å². The van der Waals surface area contributed by atoms with Gasteiger partial charge in [0.25, 0.3) is 0 Å². The van der Waals surface area contributed by atoms with E-state index in [1.807, 2.05) is 12.1 Å². The molecule has 0 bridgehead atoms. The Labute approximate surface area is 135 Å². The Morgan fingerprint density at radius 1 is 1.57 bits per heavy atom. The van der Waals surface area contributed by atoms with Gasteiger partial charge in [-0.1, -0.05) is 25.4 Å². The van der Waals surface area contributed by atoms with Crippen LogP contribution < -0.4 is 5.32 Å². The van der Waals surface area contributed by atoms with Crippen molar-refractivity contribution in [2.45, 2.75) is 33.3 Å². The summed E-state index contributed by atoms with van der Waals surface area (Å²) in [6, 6.07) is 3.67. The van der Waals surface area contributed by atoms with E-state index in [0.29, 0.717) is 16.3 Å². The second kappa shape index (κ2) is 6.99. The van der Waals surface area contributed by atoms with Crippen LogP contribution in [0.1, 0.15) is 38.2 Å². The average molecular weight is 330 g/mol. The molecule has 0 radical (unpaired) electrons. The van der Waals surface area contributed by atoms with E-state index in [1.54, 1.807) is 0 Å². The van der Waals surface area contributed by atoms with Gasteiger partial charge < -0.3 is 15.3 Å². The lowest BCUT2D eigenvalue weighted by atomic mass is 9.93. The summed E-state index contributed by atoms with van der Waals surface area (Å²) in [4.78, 5) is 7.73.